The number of fused-ring (bicyclic) bond motifs is 1. The minimum atomic E-state index is -2.97. The van der Waals surface area contributed by atoms with Gasteiger partial charge in [0, 0.05) is 43.5 Å². The topological polar surface area (TPSA) is 72.5 Å². The number of rotatable bonds is 5. The van der Waals surface area contributed by atoms with E-state index in [1.807, 2.05) is 4.90 Å². The van der Waals surface area contributed by atoms with Crippen molar-refractivity contribution >= 4 is 35.6 Å². The predicted molar refractivity (Wildman–Crippen MR) is 120 cm³/mol. The first kappa shape index (κ1) is 23.1. The van der Waals surface area contributed by atoms with Gasteiger partial charge in [0.2, 0.25) is 6.79 Å². The van der Waals surface area contributed by atoms with Gasteiger partial charge in [-0.25, -0.2) is 9.38 Å². The fourth-order valence-corrected chi connectivity index (χ4v) is 3.41. The van der Waals surface area contributed by atoms with Crippen LogP contribution >= 0.6 is 24.0 Å². The number of benzene rings is 2. The van der Waals surface area contributed by atoms with Crippen LogP contribution < -0.4 is 24.8 Å². The fraction of sp³-hybridized carbons (Fsp3) is 0.350. The quantitative estimate of drug-likeness (QED) is 0.350. The zero-order chi connectivity index (χ0) is 21.1. The van der Waals surface area contributed by atoms with Gasteiger partial charge in [-0.1, -0.05) is 0 Å². The molecule has 0 aromatic heterocycles. The molecule has 0 radical (unpaired) electrons. The lowest BCUT2D eigenvalue weighted by atomic mass is 10.1. The molecule has 4 rings (SSSR count). The second-order valence-corrected chi connectivity index (χ2v) is 6.82. The Balaban J connectivity index is 0.00000272. The molecule has 1 fully saturated rings. The molecule has 2 aromatic rings. The summed E-state index contributed by atoms with van der Waals surface area (Å²) in [6, 6.07) is 9.30. The molecular weight excluding hydrogens is 528 g/mol. The van der Waals surface area contributed by atoms with Crippen molar-refractivity contribution in [1.29, 1.82) is 0 Å². The van der Waals surface area contributed by atoms with E-state index in [0.29, 0.717) is 49.2 Å². The van der Waals surface area contributed by atoms with Crippen molar-refractivity contribution in [2.24, 2.45) is 10.7 Å². The minimum absolute atomic E-state index is 0. The van der Waals surface area contributed by atoms with Crippen molar-refractivity contribution in [3.63, 3.8) is 0 Å². The molecule has 31 heavy (non-hydrogen) atoms. The van der Waals surface area contributed by atoms with Crippen LogP contribution in [0.1, 0.15) is 5.56 Å². The first-order chi connectivity index (χ1) is 14.5. The molecule has 0 atom stereocenters. The van der Waals surface area contributed by atoms with Crippen LogP contribution in [-0.2, 0) is 6.54 Å². The van der Waals surface area contributed by atoms with Gasteiger partial charge in [0.25, 0.3) is 0 Å². The number of aliphatic imine (C=N–C) groups is 1. The monoisotopic (exact) mass is 550 g/mol. The third-order valence-corrected chi connectivity index (χ3v) is 4.98. The summed E-state index contributed by atoms with van der Waals surface area (Å²) < 4.78 is 53.7. The summed E-state index contributed by atoms with van der Waals surface area (Å²) in [4.78, 5) is 8.40. The Labute approximate surface area is 194 Å². The van der Waals surface area contributed by atoms with E-state index in [4.69, 9.17) is 15.2 Å². The number of hydrogen-bond donors (Lipinski definition) is 1. The van der Waals surface area contributed by atoms with Gasteiger partial charge in [-0.2, -0.15) is 8.78 Å². The average molecular weight is 550 g/mol. The van der Waals surface area contributed by atoms with Gasteiger partial charge in [0.05, 0.1) is 6.54 Å². The summed E-state index contributed by atoms with van der Waals surface area (Å²) in [7, 11) is 0. The summed E-state index contributed by atoms with van der Waals surface area (Å²) in [5.74, 6) is 0.824. The Kier molecular flexibility index (Phi) is 7.57. The Morgan fingerprint density at radius 3 is 2.35 bits per heavy atom. The van der Waals surface area contributed by atoms with E-state index in [2.05, 4.69) is 14.6 Å². The molecule has 7 nitrogen and oxygen atoms in total. The Bertz CT molecular complexity index is 923. The molecule has 2 aliphatic heterocycles. The van der Waals surface area contributed by atoms with Crippen molar-refractivity contribution < 1.29 is 27.4 Å². The third kappa shape index (κ3) is 5.57. The van der Waals surface area contributed by atoms with Crippen molar-refractivity contribution in [3.8, 4) is 17.2 Å². The fourth-order valence-electron chi connectivity index (χ4n) is 3.41. The highest BCUT2D eigenvalue weighted by Gasteiger charge is 2.21. The number of nitrogens with two attached hydrogens (primary N) is 1. The van der Waals surface area contributed by atoms with Crippen molar-refractivity contribution in [2.75, 3.05) is 37.9 Å². The molecule has 2 heterocycles. The van der Waals surface area contributed by atoms with Crippen LogP contribution in [0.2, 0.25) is 0 Å². The largest absolute Gasteiger partial charge is 0.454 e. The Morgan fingerprint density at radius 2 is 1.71 bits per heavy atom. The molecule has 0 bridgehead atoms. The smallest absolute Gasteiger partial charge is 0.387 e. The molecule has 2 aromatic carbocycles. The summed E-state index contributed by atoms with van der Waals surface area (Å²) in [5.41, 5.74) is 7.50. The number of halogens is 4. The SMILES string of the molecule is I.NC(=NCc1cc2c(cc1OC(F)F)OCO2)N1CCN(c2ccc(F)cc2)CC1. The molecule has 1 saturated heterocycles. The van der Waals surface area contributed by atoms with Crippen LogP contribution in [0.25, 0.3) is 0 Å². The predicted octanol–water partition coefficient (Wildman–Crippen LogP) is 3.41. The van der Waals surface area contributed by atoms with Crippen LogP contribution in [0.5, 0.6) is 17.2 Å². The standard InChI is InChI=1S/C20H21F3N4O3.HI/c21-14-1-3-15(4-2-14)26-5-7-27(8-6-26)20(24)25-11-13-9-17-18(29-12-28-17)10-16(13)30-19(22)23;/h1-4,9-10,19H,5-8,11-12H2,(H2,24,25);1H. The molecule has 2 aliphatic rings. The maximum Gasteiger partial charge on any atom is 0.387 e. The maximum absolute atomic E-state index is 13.1. The van der Waals surface area contributed by atoms with Gasteiger partial charge in [-0.05, 0) is 30.3 Å². The van der Waals surface area contributed by atoms with Gasteiger partial charge < -0.3 is 29.7 Å². The summed E-state index contributed by atoms with van der Waals surface area (Å²) in [6.07, 6.45) is 0. The van der Waals surface area contributed by atoms with E-state index in [1.54, 1.807) is 18.2 Å². The molecule has 2 N–H and O–H groups in total. The molecule has 0 saturated carbocycles. The van der Waals surface area contributed by atoms with Crippen molar-refractivity contribution in [1.82, 2.24) is 4.90 Å². The molecule has 0 unspecified atom stereocenters. The number of hydrogen-bond acceptors (Lipinski definition) is 5. The number of anilines is 1. The maximum atomic E-state index is 13.1. The summed E-state index contributed by atoms with van der Waals surface area (Å²) >= 11 is 0. The second-order valence-electron chi connectivity index (χ2n) is 6.82. The highest BCUT2D eigenvalue weighted by molar-refractivity contribution is 14.0. The van der Waals surface area contributed by atoms with Gasteiger partial charge in [0.15, 0.2) is 17.5 Å². The molecule has 0 amide bonds. The first-order valence-electron chi connectivity index (χ1n) is 9.42. The molecule has 11 heteroatoms. The van der Waals surface area contributed by atoms with Crippen LogP contribution in [0.15, 0.2) is 41.4 Å². The van der Waals surface area contributed by atoms with Crippen molar-refractivity contribution in [3.05, 3.63) is 47.8 Å². The van der Waals surface area contributed by atoms with Gasteiger partial charge in [-0.15, -0.1) is 24.0 Å². The van der Waals surface area contributed by atoms with Crippen LogP contribution in [-0.4, -0.2) is 50.4 Å². The van der Waals surface area contributed by atoms with Gasteiger partial charge >= 0.3 is 6.61 Å². The molecule has 0 spiro atoms. The zero-order valence-corrected chi connectivity index (χ0v) is 18.8. The highest BCUT2D eigenvalue weighted by atomic mass is 127. The minimum Gasteiger partial charge on any atom is -0.454 e. The van der Waals surface area contributed by atoms with Gasteiger partial charge in [0.1, 0.15) is 11.6 Å². The van der Waals surface area contributed by atoms with E-state index in [9.17, 15) is 13.2 Å². The lowest BCUT2D eigenvalue weighted by Crippen LogP contribution is -2.51. The Morgan fingerprint density at radius 1 is 1.06 bits per heavy atom. The Hall–Kier alpha value is -2.57. The third-order valence-electron chi connectivity index (χ3n) is 4.98. The van der Waals surface area contributed by atoms with E-state index in [-0.39, 0.29) is 48.9 Å². The number of piperazine rings is 1. The number of alkyl halides is 2. The second kappa shape index (κ2) is 10.2. The van der Waals surface area contributed by atoms with E-state index >= 15 is 0 Å². The van der Waals surface area contributed by atoms with E-state index in [0.717, 1.165) is 5.69 Å². The van der Waals surface area contributed by atoms with Crippen LogP contribution in [0, 0.1) is 5.82 Å². The summed E-state index contributed by atoms with van der Waals surface area (Å²) in [6.45, 7) is -0.219. The van der Waals surface area contributed by atoms with E-state index < -0.39 is 6.61 Å². The lowest BCUT2D eigenvalue weighted by Gasteiger charge is -2.36. The number of nitrogens with zero attached hydrogens (tertiary/aromatic N) is 3. The number of guanidine groups is 1. The molecule has 168 valence electrons. The molecule has 0 aliphatic carbocycles. The highest BCUT2D eigenvalue weighted by Crippen LogP contribution is 2.39. The van der Waals surface area contributed by atoms with Crippen LogP contribution in [0.4, 0.5) is 18.9 Å². The van der Waals surface area contributed by atoms with Crippen LogP contribution in [0.3, 0.4) is 0 Å². The first-order valence-corrected chi connectivity index (χ1v) is 9.42. The van der Waals surface area contributed by atoms with Crippen molar-refractivity contribution in [2.45, 2.75) is 13.2 Å². The van der Waals surface area contributed by atoms with Gasteiger partial charge in [-0.3, -0.25) is 0 Å². The zero-order valence-electron chi connectivity index (χ0n) is 16.5. The average Bonchev–Trinajstić information content (AvgIpc) is 3.19. The molecular formula is C20H22F3IN4O3. The normalized spacial score (nSPS) is 15.8. The summed E-state index contributed by atoms with van der Waals surface area (Å²) in [5, 5.41) is 0. The van der Waals surface area contributed by atoms with E-state index in [1.165, 1.54) is 18.2 Å². The number of ether oxygens (including phenoxy) is 3. The lowest BCUT2D eigenvalue weighted by molar-refractivity contribution is -0.0505.